The van der Waals surface area contributed by atoms with Gasteiger partial charge in [-0.05, 0) is 18.2 Å². The molecule has 0 spiro atoms. The van der Waals surface area contributed by atoms with Crippen LogP contribution in [0.5, 0.6) is 0 Å². The number of rotatable bonds is 5. The van der Waals surface area contributed by atoms with Crippen LogP contribution in [0.2, 0.25) is 0 Å². The number of hydrogen-bond donors (Lipinski definition) is 1. The Morgan fingerprint density at radius 1 is 1.25 bits per heavy atom. The third kappa shape index (κ3) is 3.26. The number of non-ortho nitro benzene ring substituents is 1. The van der Waals surface area contributed by atoms with Crippen LogP contribution in [-0.4, -0.2) is 16.2 Å². The number of allylic oxidation sites excluding steroid dienone is 1. The Kier molecular flexibility index (Phi) is 4.18. The number of carbonyl (C=O) groups excluding carboxylic acids is 1. The number of nitrogens with zero attached hydrogens (tertiary/aromatic N) is 2. The van der Waals surface area contributed by atoms with Crippen LogP contribution in [0.15, 0.2) is 54.7 Å². The lowest BCUT2D eigenvalue weighted by molar-refractivity contribution is -0.384. The molecular weight excluding hydrogens is 258 g/mol. The molecule has 0 atom stereocenters. The summed E-state index contributed by atoms with van der Waals surface area (Å²) in [5.74, 6) is 0. The summed E-state index contributed by atoms with van der Waals surface area (Å²) in [4.78, 5) is 25.1. The smallest absolute Gasteiger partial charge is 0.271 e. The van der Waals surface area contributed by atoms with E-state index in [9.17, 15) is 14.9 Å². The van der Waals surface area contributed by atoms with Crippen LogP contribution in [0.25, 0.3) is 5.70 Å². The Morgan fingerprint density at radius 2 is 2.10 bits per heavy atom. The van der Waals surface area contributed by atoms with E-state index in [1.165, 1.54) is 18.2 Å². The number of hydrogen-bond acceptors (Lipinski definition) is 5. The van der Waals surface area contributed by atoms with Crippen LogP contribution in [0.3, 0.4) is 0 Å². The van der Waals surface area contributed by atoms with Crippen molar-refractivity contribution in [2.45, 2.75) is 0 Å². The second kappa shape index (κ2) is 6.24. The van der Waals surface area contributed by atoms with Crippen molar-refractivity contribution in [1.29, 1.82) is 0 Å². The number of anilines is 1. The topological polar surface area (TPSA) is 85.1 Å². The summed E-state index contributed by atoms with van der Waals surface area (Å²) in [5, 5.41) is 13.7. The molecule has 20 heavy (non-hydrogen) atoms. The number of aldehydes is 1. The van der Waals surface area contributed by atoms with E-state index in [1.807, 2.05) is 0 Å². The van der Waals surface area contributed by atoms with Gasteiger partial charge in [0.25, 0.3) is 5.69 Å². The highest BCUT2D eigenvalue weighted by atomic mass is 16.6. The van der Waals surface area contributed by atoms with E-state index in [4.69, 9.17) is 0 Å². The van der Waals surface area contributed by atoms with Gasteiger partial charge in [-0.1, -0.05) is 12.1 Å². The highest BCUT2D eigenvalue weighted by molar-refractivity contribution is 5.86. The van der Waals surface area contributed by atoms with E-state index in [-0.39, 0.29) is 5.69 Å². The molecule has 2 aromatic rings. The van der Waals surface area contributed by atoms with Crippen LogP contribution in [-0.2, 0) is 4.79 Å². The minimum Gasteiger partial charge on any atom is -0.353 e. The van der Waals surface area contributed by atoms with E-state index >= 15 is 0 Å². The second-order valence-corrected chi connectivity index (χ2v) is 3.86. The molecule has 1 aromatic heterocycles. The molecule has 0 unspecified atom stereocenters. The van der Waals surface area contributed by atoms with Crippen molar-refractivity contribution in [2.75, 3.05) is 5.32 Å². The normalized spacial score (nSPS) is 10.9. The van der Waals surface area contributed by atoms with Crippen LogP contribution in [0.1, 0.15) is 5.69 Å². The van der Waals surface area contributed by atoms with E-state index in [0.717, 1.165) is 0 Å². The SMILES string of the molecule is O=C/C=C(\Nc1cccc([N+](=O)[O-])c1)c1ccccn1. The number of aromatic nitrogens is 1. The molecule has 2 rings (SSSR count). The predicted octanol–water partition coefficient (Wildman–Crippen LogP) is 2.64. The number of benzene rings is 1. The van der Waals surface area contributed by atoms with Crippen LogP contribution < -0.4 is 5.32 Å². The monoisotopic (exact) mass is 269 g/mol. The maximum atomic E-state index is 10.7. The molecule has 0 saturated heterocycles. The van der Waals surface area contributed by atoms with Crippen molar-refractivity contribution in [2.24, 2.45) is 0 Å². The van der Waals surface area contributed by atoms with Crippen molar-refractivity contribution < 1.29 is 9.72 Å². The summed E-state index contributed by atoms with van der Waals surface area (Å²) < 4.78 is 0. The molecule has 0 aliphatic heterocycles. The van der Waals surface area contributed by atoms with E-state index < -0.39 is 4.92 Å². The lowest BCUT2D eigenvalue weighted by Crippen LogP contribution is -2.01. The fourth-order valence-corrected chi connectivity index (χ4v) is 1.63. The molecular formula is C14H11N3O3. The zero-order valence-corrected chi connectivity index (χ0v) is 10.4. The highest BCUT2D eigenvalue weighted by Crippen LogP contribution is 2.21. The van der Waals surface area contributed by atoms with Crippen molar-refractivity contribution in [3.05, 3.63) is 70.5 Å². The number of nitro benzene ring substituents is 1. The lowest BCUT2D eigenvalue weighted by atomic mass is 10.2. The van der Waals surface area contributed by atoms with Gasteiger partial charge in [0.05, 0.1) is 16.3 Å². The molecule has 0 saturated carbocycles. The summed E-state index contributed by atoms with van der Waals surface area (Å²) in [6.07, 6.45) is 3.55. The fraction of sp³-hybridized carbons (Fsp3) is 0. The number of carbonyl (C=O) groups is 1. The molecule has 100 valence electrons. The van der Waals surface area contributed by atoms with Gasteiger partial charge < -0.3 is 5.32 Å². The second-order valence-electron chi connectivity index (χ2n) is 3.86. The van der Waals surface area contributed by atoms with E-state index in [2.05, 4.69) is 10.3 Å². The third-order valence-corrected chi connectivity index (χ3v) is 2.51. The summed E-state index contributed by atoms with van der Waals surface area (Å²) in [6.45, 7) is 0. The summed E-state index contributed by atoms with van der Waals surface area (Å²) in [6, 6.07) is 11.3. The molecule has 0 aliphatic carbocycles. The standard InChI is InChI=1S/C14H11N3O3/c18-9-7-14(13-6-1-2-8-15-13)16-11-4-3-5-12(10-11)17(19)20/h1-10,16H/b14-7-. The first kappa shape index (κ1) is 13.4. The third-order valence-electron chi connectivity index (χ3n) is 2.51. The molecule has 0 amide bonds. The number of nitro groups is 1. The first-order valence-electron chi connectivity index (χ1n) is 5.79. The maximum Gasteiger partial charge on any atom is 0.271 e. The van der Waals surface area contributed by atoms with Gasteiger partial charge in [0.2, 0.25) is 0 Å². The van der Waals surface area contributed by atoms with Gasteiger partial charge in [0.1, 0.15) is 6.29 Å². The van der Waals surface area contributed by atoms with Gasteiger partial charge in [-0.2, -0.15) is 0 Å². The molecule has 1 heterocycles. The highest BCUT2D eigenvalue weighted by Gasteiger charge is 2.08. The minimum absolute atomic E-state index is 0.0264. The largest absolute Gasteiger partial charge is 0.353 e. The van der Waals surface area contributed by atoms with Crippen molar-refractivity contribution in [1.82, 2.24) is 4.98 Å². The Bertz CT molecular complexity index is 654. The maximum absolute atomic E-state index is 10.7. The van der Waals surface area contributed by atoms with Gasteiger partial charge in [-0.25, -0.2) is 0 Å². The Hall–Kier alpha value is -3.02. The number of nitrogens with one attached hydrogen (secondary N) is 1. The average molecular weight is 269 g/mol. The lowest BCUT2D eigenvalue weighted by Gasteiger charge is -2.09. The Labute approximate surface area is 114 Å². The number of pyridine rings is 1. The Morgan fingerprint density at radius 3 is 2.75 bits per heavy atom. The van der Waals surface area contributed by atoms with Crippen molar-refractivity contribution in [3.8, 4) is 0 Å². The quantitative estimate of drug-likeness (QED) is 0.390. The van der Waals surface area contributed by atoms with E-state index in [1.54, 1.807) is 36.5 Å². The molecule has 0 aliphatic rings. The fourth-order valence-electron chi connectivity index (χ4n) is 1.63. The molecule has 1 N–H and O–H groups in total. The molecule has 6 nitrogen and oxygen atoms in total. The summed E-state index contributed by atoms with van der Waals surface area (Å²) in [7, 11) is 0. The van der Waals surface area contributed by atoms with Gasteiger partial charge in [0, 0.05) is 30.1 Å². The molecule has 0 fully saturated rings. The summed E-state index contributed by atoms with van der Waals surface area (Å²) >= 11 is 0. The van der Waals surface area contributed by atoms with Crippen molar-refractivity contribution >= 4 is 23.4 Å². The van der Waals surface area contributed by atoms with Crippen LogP contribution in [0, 0.1) is 10.1 Å². The molecule has 6 heteroatoms. The first-order chi connectivity index (χ1) is 9.70. The molecule has 1 aromatic carbocycles. The molecule has 0 radical (unpaired) electrons. The zero-order chi connectivity index (χ0) is 14.4. The van der Waals surface area contributed by atoms with Crippen LogP contribution >= 0.6 is 0 Å². The van der Waals surface area contributed by atoms with Gasteiger partial charge in [0.15, 0.2) is 0 Å². The predicted molar refractivity (Wildman–Crippen MR) is 75.0 cm³/mol. The molecule has 0 bridgehead atoms. The van der Waals surface area contributed by atoms with Gasteiger partial charge >= 0.3 is 0 Å². The zero-order valence-electron chi connectivity index (χ0n) is 10.4. The average Bonchev–Trinajstić information content (AvgIpc) is 2.48. The first-order valence-corrected chi connectivity index (χ1v) is 5.79. The van der Waals surface area contributed by atoms with Crippen molar-refractivity contribution in [3.63, 3.8) is 0 Å². The minimum atomic E-state index is -0.477. The van der Waals surface area contributed by atoms with Gasteiger partial charge in [-0.15, -0.1) is 0 Å². The van der Waals surface area contributed by atoms with Gasteiger partial charge in [-0.3, -0.25) is 19.9 Å². The summed E-state index contributed by atoms with van der Waals surface area (Å²) in [5.41, 5.74) is 1.53. The van der Waals surface area contributed by atoms with E-state index in [0.29, 0.717) is 23.4 Å². The Balaban J connectivity index is 2.30. The van der Waals surface area contributed by atoms with Crippen LogP contribution in [0.4, 0.5) is 11.4 Å².